The summed E-state index contributed by atoms with van der Waals surface area (Å²) in [5.74, 6) is -0.427. The predicted octanol–water partition coefficient (Wildman–Crippen LogP) is 3.23. The maximum Gasteiger partial charge on any atom is 0.272 e. The van der Waals surface area contributed by atoms with Crippen molar-refractivity contribution in [2.75, 3.05) is 0 Å². The SMILES string of the molecule is Cc1cc(Oc2cccnc2F)ccc1[N+](=O)[O-]. The molecule has 0 saturated heterocycles. The van der Waals surface area contributed by atoms with E-state index >= 15 is 0 Å². The molecule has 0 saturated carbocycles. The fourth-order valence-electron chi connectivity index (χ4n) is 1.47. The molecular formula is C12H9FN2O3. The first-order valence-electron chi connectivity index (χ1n) is 5.11. The van der Waals surface area contributed by atoms with Crippen LogP contribution in [0.25, 0.3) is 0 Å². The number of hydrogen-bond acceptors (Lipinski definition) is 4. The highest BCUT2D eigenvalue weighted by atomic mass is 19.1. The molecule has 0 fully saturated rings. The Morgan fingerprint density at radius 1 is 1.39 bits per heavy atom. The van der Waals surface area contributed by atoms with Crippen molar-refractivity contribution in [2.45, 2.75) is 6.92 Å². The Morgan fingerprint density at radius 2 is 2.17 bits per heavy atom. The Morgan fingerprint density at radius 3 is 2.78 bits per heavy atom. The minimum atomic E-state index is -0.728. The third-order valence-electron chi connectivity index (χ3n) is 2.32. The minimum Gasteiger partial charge on any atom is -0.453 e. The standard InChI is InChI=1S/C12H9FN2O3/c1-8-7-9(4-5-10(8)15(16)17)18-11-3-2-6-14-12(11)13/h2-7H,1H3. The molecule has 0 N–H and O–H groups in total. The van der Waals surface area contributed by atoms with Crippen LogP contribution in [0.3, 0.4) is 0 Å². The van der Waals surface area contributed by atoms with E-state index in [9.17, 15) is 14.5 Å². The van der Waals surface area contributed by atoms with Gasteiger partial charge in [-0.25, -0.2) is 4.98 Å². The summed E-state index contributed by atoms with van der Waals surface area (Å²) in [6.07, 6.45) is 1.31. The number of halogens is 1. The van der Waals surface area contributed by atoms with Crippen LogP contribution < -0.4 is 4.74 Å². The maximum absolute atomic E-state index is 13.2. The number of aromatic nitrogens is 1. The fourth-order valence-corrected chi connectivity index (χ4v) is 1.47. The molecule has 0 aliphatic heterocycles. The molecule has 5 nitrogen and oxygen atoms in total. The summed E-state index contributed by atoms with van der Waals surface area (Å²) < 4.78 is 18.5. The van der Waals surface area contributed by atoms with E-state index in [-0.39, 0.29) is 11.4 Å². The van der Waals surface area contributed by atoms with Crippen molar-refractivity contribution in [1.82, 2.24) is 4.98 Å². The van der Waals surface area contributed by atoms with Crippen molar-refractivity contribution < 1.29 is 14.1 Å². The fraction of sp³-hybridized carbons (Fsp3) is 0.0833. The van der Waals surface area contributed by atoms with Gasteiger partial charge in [-0.15, -0.1) is 0 Å². The predicted molar refractivity (Wildman–Crippen MR) is 62.1 cm³/mol. The summed E-state index contributed by atoms with van der Waals surface area (Å²) in [4.78, 5) is 13.6. The first-order chi connectivity index (χ1) is 8.58. The van der Waals surface area contributed by atoms with E-state index in [4.69, 9.17) is 4.74 Å². The lowest BCUT2D eigenvalue weighted by Gasteiger charge is -2.06. The normalized spacial score (nSPS) is 10.1. The molecule has 0 spiro atoms. The van der Waals surface area contributed by atoms with Gasteiger partial charge in [0.05, 0.1) is 4.92 Å². The Labute approximate surface area is 102 Å². The third kappa shape index (κ3) is 2.42. The number of pyridine rings is 1. The van der Waals surface area contributed by atoms with E-state index in [2.05, 4.69) is 4.98 Å². The van der Waals surface area contributed by atoms with Gasteiger partial charge in [-0.3, -0.25) is 10.1 Å². The molecule has 6 heteroatoms. The Hall–Kier alpha value is -2.50. The number of ether oxygens (including phenoxy) is 1. The summed E-state index contributed by atoms with van der Waals surface area (Å²) in [7, 11) is 0. The second-order valence-corrected chi connectivity index (χ2v) is 3.60. The molecule has 1 aromatic carbocycles. The van der Waals surface area contributed by atoms with Crippen LogP contribution in [0.2, 0.25) is 0 Å². The quantitative estimate of drug-likeness (QED) is 0.475. The number of benzene rings is 1. The molecular weight excluding hydrogens is 239 g/mol. The molecule has 0 radical (unpaired) electrons. The smallest absolute Gasteiger partial charge is 0.272 e. The molecule has 2 aromatic rings. The summed E-state index contributed by atoms with van der Waals surface area (Å²) in [5.41, 5.74) is 0.441. The summed E-state index contributed by atoms with van der Waals surface area (Å²) >= 11 is 0. The van der Waals surface area contributed by atoms with E-state index < -0.39 is 10.9 Å². The van der Waals surface area contributed by atoms with E-state index in [1.165, 1.54) is 36.5 Å². The molecule has 0 aliphatic carbocycles. The summed E-state index contributed by atoms with van der Waals surface area (Å²) in [5, 5.41) is 10.6. The Balaban J connectivity index is 2.29. The summed E-state index contributed by atoms with van der Waals surface area (Å²) in [6.45, 7) is 1.59. The van der Waals surface area contributed by atoms with Gasteiger partial charge in [0, 0.05) is 17.8 Å². The van der Waals surface area contributed by atoms with Crippen LogP contribution >= 0.6 is 0 Å². The van der Waals surface area contributed by atoms with Crippen LogP contribution in [-0.2, 0) is 0 Å². The van der Waals surface area contributed by atoms with Gasteiger partial charge < -0.3 is 4.74 Å². The van der Waals surface area contributed by atoms with Gasteiger partial charge >= 0.3 is 0 Å². The van der Waals surface area contributed by atoms with Gasteiger partial charge in [-0.05, 0) is 31.2 Å². The second kappa shape index (κ2) is 4.79. The van der Waals surface area contributed by atoms with Gasteiger partial charge in [0.15, 0.2) is 5.75 Å². The number of nitrogens with zero attached hydrogens (tertiary/aromatic N) is 2. The topological polar surface area (TPSA) is 65.3 Å². The Kier molecular flexibility index (Phi) is 3.18. The van der Waals surface area contributed by atoms with E-state index in [0.717, 1.165) is 0 Å². The zero-order valence-electron chi connectivity index (χ0n) is 9.46. The van der Waals surface area contributed by atoms with E-state index in [0.29, 0.717) is 11.3 Å². The van der Waals surface area contributed by atoms with Crippen molar-refractivity contribution in [3.05, 3.63) is 58.2 Å². The van der Waals surface area contributed by atoms with Crippen molar-refractivity contribution >= 4 is 5.69 Å². The lowest BCUT2D eigenvalue weighted by Crippen LogP contribution is -1.94. The van der Waals surface area contributed by atoms with Crippen LogP contribution in [0.1, 0.15) is 5.56 Å². The van der Waals surface area contributed by atoms with Gasteiger partial charge in [-0.1, -0.05) is 0 Å². The van der Waals surface area contributed by atoms with Gasteiger partial charge in [-0.2, -0.15) is 4.39 Å². The summed E-state index contributed by atoms with van der Waals surface area (Å²) in [6, 6.07) is 7.18. The van der Waals surface area contributed by atoms with Crippen LogP contribution in [0.4, 0.5) is 10.1 Å². The van der Waals surface area contributed by atoms with Crippen LogP contribution in [-0.4, -0.2) is 9.91 Å². The monoisotopic (exact) mass is 248 g/mol. The largest absolute Gasteiger partial charge is 0.453 e. The van der Waals surface area contributed by atoms with Gasteiger partial charge in [0.1, 0.15) is 5.75 Å². The molecule has 1 heterocycles. The van der Waals surface area contributed by atoms with Crippen LogP contribution in [0.15, 0.2) is 36.5 Å². The highest BCUT2D eigenvalue weighted by molar-refractivity contribution is 5.45. The average Bonchev–Trinajstić information content (AvgIpc) is 2.32. The van der Waals surface area contributed by atoms with Crippen LogP contribution in [0, 0.1) is 23.0 Å². The van der Waals surface area contributed by atoms with Crippen molar-refractivity contribution in [2.24, 2.45) is 0 Å². The molecule has 18 heavy (non-hydrogen) atoms. The zero-order valence-corrected chi connectivity index (χ0v) is 9.46. The lowest BCUT2D eigenvalue weighted by molar-refractivity contribution is -0.385. The van der Waals surface area contributed by atoms with Gasteiger partial charge in [0.25, 0.3) is 11.6 Å². The maximum atomic E-state index is 13.2. The third-order valence-corrected chi connectivity index (χ3v) is 2.32. The first kappa shape index (κ1) is 12.0. The van der Waals surface area contributed by atoms with Crippen molar-refractivity contribution in [1.29, 1.82) is 0 Å². The number of aryl methyl sites for hydroxylation is 1. The number of rotatable bonds is 3. The number of hydrogen-bond donors (Lipinski definition) is 0. The highest BCUT2D eigenvalue weighted by Gasteiger charge is 2.12. The van der Waals surface area contributed by atoms with E-state index in [1.54, 1.807) is 6.92 Å². The van der Waals surface area contributed by atoms with Gasteiger partial charge in [0.2, 0.25) is 0 Å². The molecule has 1 aromatic heterocycles. The van der Waals surface area contributed by atoms with Crippen molar-refractivity contribution in [3.8, 4) is 11.5 Å². The molecule has 0 amide bonds. The highest BCUT2D eigenvalue weighted by Crippen LogP contribution is 2.27. The van der Waals surface area contributed by atoms with Crippen molar-refractivity contribution in [3.63, 3.8) is 0 Å². The molecule has 0 aliphatic rings. The molecule has 0 bridgehead atoms. The van der Waals surface area contributed by atoms with E-state index in [1.807, 2.05) is 0 Å². The lowest BCUT2D eigenvalue weighted by atomic mass is 10.2. The Bertz CT molecular complexity index is 602. The number of nitro benzene ring substituents is 1. The molecule has 0 atom stereocenters. The molecule has 0 unspecified atom stereocenters. The molecule has 92 valence electrons. The number of nitro groups is 1. The van der Waals surface area contributed by atoms with Crippen LogP contribution in [0.5, 0.6) is 11.5 Å². The molecule has 2 rings (SSSR count). The second-order valence-electron chi connectivity index (χ2n) is 3.60. The zero-order chi connectivity index (χ0) is 13.1. The minimum absolute atomic E-state index is 0.00555. The average molecular weight is 248 g/mol. The first-order valence-corrected chi connectivity index (χ1v) is 5.11.